The zero-order valence-electron chi connectivity index (χ0n) is 18.9. The lowest BCUT2D eigenvalue weighted by atomic mass is 10.1. The van der Waals surface area contributed by atoms with Gasteiger partial charge in [0.2, 0.25) is 10.0 Å². The third-order valence-electron chi connectivity index (χ3n) is 6.21. The van der Waals surface area contributed by atoms with Gasteiger partial charge in [0.15, 0.2) is 0 Å². The second-order valence-electron chi connectivity index (χ2n) is 8.44. The number of anilines is 1. The minimum absolute atomic E-state index is 0.207. The van der Waals surface area contributed by atoms with Gasteiger partial charge in [-0.25, -0.2) is 17.9 Å². The Morgan fingerprint density at radius 1 is 1.12 bits per heavy atom. The summed E-state index contributed by atoms with van der Waals surface area (Å²) in [5.41, 5.74) is 3.76. The number of hydrogen-bond donors (Lipinski definition) is 2. The van der Waals surface area contributed by atoms with E-state index < -0.39 is 16.1 Å². The zero-order valence-corrected chi connectivity index (χ0v) is 19.7. The van der Waals surface area contributed by atoms with Crippen molar-refractivity contribution in [1.82, 2.24) is 9.62 Å². The molecule has 0 saturated carbocycles. The normalized spacial score (nSPS) is 17.6. The second-order valence-corrected chi connectivity index (χ2v) is 10.1. The van der Waals surface area contributed by atoms with Crippen molar-refractivity contribution in [2.45, 2.75) is 50.5 Å². The summed E-state index contributed by atoms with van der Waals surface area (Å²) in [5, 5.41) is 2.97. The van der Waals surface area contributed by atoms with Gasteiger partial charge in [-0.2, -0.15) is 0 Å². The van der Waals surface area contributed by atoms with Crippen LogP contribution in [0.5, 0.6) is 0 Å². The molecule has 4 rings (SSSR count). The van der Waals surface area contributed by atoms with E-state index in [1.165, 1.54) is 4.90 Å². The number of nitrogens with zero attached hydrogens (tertiary/aromatic N) is 1. The molecule has 1 saturated heterocycles. The first-order valence-corrected chi connectivity index (χ1v) is 12.7. The third kappa shape index (κ3) is 4.89. The number of sulfonamides is 1. The quantitative estimate of drug-likeness (QED) is 0.673. The first kappa shape index (κ1) is 23.3. The number of aryl methyl sites for hydroxylation is 1. The molecule has 1 atom stereocenters. The fourth-order valence-corrected chi connectivity index (χ4v) is 6.13. The summed E-state index contributed by atoms with van der Waals surface area (Å²) in [5.74, 6) is -0.207. The van der Waals surface area contributed by atoms with E-state index in [4.69, 9.17) is 4.74 Å². The van der Waals surface area contributed by atoms with E-state index in [0.29, 0.717) is 37.1 Å². The van der Waals surface area contributed by atoms with E-state index in [-0.39, 0.29) is 30.0 Å². The molecule has 33 heavy (non-hydrogen) atoms. The molecule has 2 aromatic rings. The molecule has 1 fully saturated rings. The summed E-state index contributed by atoms with van der Waals surface area (Å²) in [6.45, 7) is 4.64. The molecule has 0 bridgehead atoms. The maximum absolute atomic E-state index is 13.2. The van der Waals surface area contributed by atoms with Crippen molar-refractivity contribution in [3.8, 4) is 0 Å². The highest BCUT2D eigenvalue weighted by molar-refractivity contribution is 7.89. The molecular weight excluding hydrogens is 442 g/mol. The summed E-state index contributed by atoms with van der Waals surface area (Å²) in [4.78, 5) is 26.5. The summed E-state index contributed by atoms with van der Waals surface area (Å²) >= 11 is 0. The van der Waals surface area contributed by atoms with E-state index in [1.807, 2.05) is 25.1 Å². The van der Waals surface area contributed by atoms with Crippen molar-refractivity contribution in [2.24, 2.45) is 0 Å². The Bertz CT molecular complexity index is 1180. The molecule has 1 aliphatic carbocycles. The number of rotatable bonds is 6. The standard InChI is InChI=1S/C24H29N3O5S/c1-3-32-24(29)27-14-13-17(15-27)26-33(30,31)22-12-11-21(19-9-6-10-20(19)22)25-23(28)18-8-5-4-7-16(18)2/h4-5,7-8,11-12,17,26H,3,6,9-10,13-15H2,1-2H3,(H,25,28). The molecule has 0 radical (unpaired) electrons. The van der Waals surface area contributed by atoms with E-state index in [2.05, 4.69) is 10.0 Å². The fraction of sp³-hybridized carbons (Fsp3) is 0.417. The highest BCUT2D eigenvalue weighted by atomic mass is 32.2. The molecule has 2 aliphatic rings. The number of ether oxygens (including phenoxy) is 1. The van der Waals surface area contributed by atoms with Gasteiger partial charge < -0.3 is 15.0 Å². The van der Waals surface area contributed by atoms with E-state index in [1.54, 1.807) is 25.1 Å². The average molecular weight is 472 g/mol. The lowest BCUT2D eigenvalue weighted by Crippen LogP contribution is -2.38. The Kier molecular flexibility index (Phi) is 6.71. The molecule has 1 heterocycles. The van der Waals surface area contributed by atoms with Gasteiger partial charge in [-0.3, -0.25) is 4.79 Å². The number of carbonyl (C=O) groups excluding carboxylic acids is 2. The maximum Gasteiger partial charge on any atom is 0.409 e. The van der Waals surface area contributed by atoms with Crippen molar-refractivity contribution >= 4 is 27.7 Å². The molecule has 8 nitrogen and oxygen atoms in total. The first-order chi connectivity index (χ1) is 15.8. The van der Waals surface area contributed by atoms with Crippen LogP contribution >= 0.6 is 0 Å². The molecule has 1 unspecified atom stereocenters. The predicted molar refractivity (Wildman–Crippen MR) is 125 cm³/mol. The second kappa shape index (κ2) is 9.52. The van der Waals surface area contributed by atoms with Gasteiger partial charge in [-0.1, -0.05) is 18.2 Å². The van der Waals surface area contributed by atoms with Crippen LogP contribution in [0.15, 0.2) is 41.3 Å². The van der Waals surface area contributed by atoms with E-state index in [9.17, 15) is 18.0 Å². The van der Waals surface area contributed by atoms with Crippen LogP contribution in [0.2, 0.25) is 0 Å². The summed E-state index contributed by atoms with van der Waals surface area (Å²) < 4.78 is 34.2. The van der Waals surface area contributed by atoms with Gasteiger partial charge in [0.25, 0.3) is 5.91 Å². The number of amides is 2. The van der Waals surface area contributed by atoms with Crippen LogP contribution in [0, 0.1) is 6.92 Å². The molecule has 0 spiro atoms. The van der Waals surface area contributed by atoms with E-state index in [0.717, 1.165) is 23.1 Å². The number of carbonyl (C=O) groups is 2. The van der Waals surface area contributed by atoms with E-state index >= 15 is 0 Å². The monoisotopic (exact) mass is 471 g/mol. The van der Waals surface area contributed by atoms with Gasteiger partial charge >= 0.3 is 6.09 Å². The zero-order chi connectivity index (χ0) is 23.6. The van der Waals surface area contributed by atoms with Crippen LogP contribution < -0.4 is 10.0 Å². The number of fused-ring (bicyclic) bond motifs is 1. The first-order valence-electron chi connectivity index (χ1n) is 11.3. The summed E-state index contributed by atoms with van der Waals surface area (Å²) in [7, 11) is -3.78. The van der Waals surface area contributed by atoms with Gasteiger partial charge in [-0.15, -0.1) is 0 Å². The number of benzene rings is 2. The average Bonchev–Trinajstić information content (AvgIpc) is 3.44. The van der Waals surface area contributed by atoms with Crippen LogP contribution in [0.1, 0.15) is 46.8 Å². The predicted octanol–water partition coefficient (Wildman–Crippen LogP) is 3.25. The van der Waals surface area contributed by atoms with Gasteiger partial charge in [0.1, 0.15) is 0 Å². The minimum Gasteiger partial charge on any atom is -0.450 e. The smallest absolute Gasteiger partial charge is 0.409 e. The van der Waals surface area contributed by atoms with Crippen LogP contribution in [-0.2, 0) is 27.6 Å². The number of hydrogen-bond acceptors (Lipinski definition) is 5. The topological polar surface area (TPSA) is 105 Å². The molecule has 0 aromatic heterocycles. The Morgan fingerprint density at radius 3 is 2.64 bits per heavy atom. The highest BCUT2D eigenvalue weighted by Crippen LogP contribution is 2.34. The largest absolute Gasteiger partial charge is 0.450 e. The van der Waals surface area contributed by atoms with Crippen LogP contribution in [-0.4, -0.2) is 51.1 Å². The summed E-state index contributed by atoms with van der Waals surface area (Å²) in [6, 6.07) is 10.2. The number of likely N-dealkylation sites (tertiary alicyclic amines) is 1. The van der Waals surface area contributed by atoms with Gasteiger partial charge in [0, 0.05) is 30.4 Å². The SMILES string of the molecule is CCOC(=O)N1CCC(NS(=O)(=O)c2ccc(NC(=O)c3ccccc3C)c3c2CCC3)C1. The van der Waals surface area contributed by atoms with Crippen LogP contribution in [0.3, 0.4) is 0 Å². The molecule has 2 aromatic carbocycles. The highest BCUT2D eigenvalue weighted by Gasteiger charge is 2.33. The van der Waals surface area contributed by atoms with Crippen molar-refractivity contribution in [1.29, 1.82) is 0 Å². The van der Waals surface area contributed by atoms with Gasteiger partial charge in [-0.05, 0) is 74.4 Å². The molecule has 176 valence electrons. The Morgan fingerprint density at radius 2 is 1.88 bits per heavy atom. The lowest BCUT2D eigenvalue weighted by Gasteiger charge is -2.18. The lowest BCUT2D eigenvalue weighted by molar-refractivity contribution is 0.102. The van der Waals surface area contributed by atoms with Crippen molar-refractivity contribution in [3.63, 3.8) is 0 Å². The Labute approximate surface area is 194 Å². The third-order valence-corrected chi connectivity index (χ3v) is 7.81. The van der Waals surface area contributed by atoms with Crippen molar-refractivity contribution < 1.29 is 22.7 Å². The van der Waals surface area contributed by atoms with Crippen molar-refractivity contribution in [3.05, 3.63) is 58.7 Å². The number of nitrogens with one attached hydrogen (secondary N) is 2. The molecule has 2 amide bonds. The molecule has 9 heteroatoms. The van der Waals surface area contributed by atoms with Crippen molar-refractivity contribution in [2.75, 3.05) is 25.0 Å². The molecular formula is C24H29N3O5S. The van der Waals surface area contributed by atoms with Crippen LogP contribution in [0.4, 0.5) is 10.5 Å². The van der Waals surface area contributed by atoms with Crippen LogP contribution in [0.25, 0.3) is 0 Å². The summed E-state index contributed by atoms with van der Waals surface area (Å²) in [6.07, 6.45) is 2.29. The fourth-order valence-electron chi connectivity index (χ4n) is 4.58. The van der Waals surface area contributed by atoms with Gasteiger partial charge in [0.05, 0.1) is 11.5 Å². The molecule has 2 N–H and O–H groups in total. The minimum atomic E-state index is -3.78. The maximum atomic E-state index is 13.2. The Hall–Kier alpha value is -2.91. The molecule has 1 aliphatic heterocycles. The Balaban J connectivity index is 1.52.